The van der Waals surface area contributed by atoms with E-state index in [1.165, 1.54) is 7.11 Å². The fourth-order valence-corrected chi connectivity index (χ4v) is 2.80. The lowest BCUT2D eigenvalue weighted by Gasteiger charge is -2.19. The van der Waals surface area contributed by atoms with Crippen molar-refractivity contribution in [2.24, 2.45) is 5.84 Å². The summed E-state index contributed by atoms with van der Waals surface area (Å²) in [6.07, 6.45) is 0.432. The molecule has 21 heavy (non-hydrogen) atoms. The minimum Gasteiger partial charge on any atom is -0.494 e. The Morgan fingerprint density at radius 1 is 1.33 bits per heavy atom. The third-order valence-corrected chi connectivity index (χ3v) is 4.14. The van der Waals surface area contributed by atoms with Crippen LogP contribution >= 0.6 is 15.9 Å². The number of hydrazine groups is 1. The molecule has 3 N–H and O–H groups in total. The summed E-state index contributed by atoms with van der Waals surface area (Å²) in [4.78, 5) is 0. The van der Waals surface area contributed by atoms with E-state index >= 15 is 0 Å². The topological polar surface area (TPSA) is 47.3 Å². The van der Waals surface area contributed by atoms with Crippen LogP contribution in [0.2, 0.25) is 0 Å². The van der Waals surface area contributed by atoms with Gasteiger partial charge in [-0.2, -0.15) is 0 Å². The second-order valence-electron chi connectivity index (χ2n) is 4.88. The highest BCUT2D eigenvalue weighted by Crippen LogP contribution is 2.29. The quantitative estimate of drug-likeness (QED) is 0.637. The number of ether oxygens (including phenoxy) is 1. The van der Waals surface area contributed by atoms with Gasteiger partial charge >= 0.3 is 0 Å². The number of halogens is 2. The average molecular weight is 353 g/mol. The van der Waals surface area contributed by atoms with Crippen LogP contribution in [-0.2, 0) is 6.42 Å². The molecule has 0 fully saturated rings. The molecule has 0 saturated carbocycles. The monoisotopic (exact) mass is 352 g/mol. The Kier molecular flexibility index (Phi) is 5.33. The van der Waals surface area contributed by atoms with Crippen molar-refractivity contribution in [3.63, 3.8) is 0 Å². The van der Waals surface area contributed by atoms with Crippen LogP contribution in [0.5, 0.6) is 5.75 Å². The smallest absolute Gasteiger partial charge is 0.168 e. The van der Waals surface area contributed by atoms with Gasteiger partial charge in [-0.05, 0) is 36.6 Å². The van der Waals surface area contributed by atoms with E-state index < -0.39 is 0 Å². The molecule has 0 aliphatic rings. The van der Waals surface area contributed by atoms with Crippen molar-refractivity contribution >= 4 is 15.9 Å². The zero-order chi connectivity index (χ0) is 15.4. The van der Waals surface area contributed by atoms with Gasteiger partial charge in [0.05, 0.1) is 13.2 Å². The summed E-state index contributed by atoms with van der Waals surface area (Å²) in [7, 11) is 1.46. The number of hydrogen-bond acceptors (Lipinski definition) is 3. The van der Waals surface area contributed by atoms with Crippen LogP contribution in [-0.4, -0.2) is 7.11 Å². The molecule has 2 rings (SSSR count). The highest BCUT2D eigenvalue weighted by molar-refractivity contribution is 9.10. The van der Waals surface area contributed by atoms with Crippen LogP contribution in [0.4, 0.5) is 4.39 Å². The summed E-state index contributed by atoms with van der Waals surface area (Å²) >= 11 is 3.52. The van der Waals surface area contributed by atoms with E-state index in [-0.39, 0.29) is 17.6 Å². The molecule has 0 aromatic heterocycles. The lowest BCUT2D eigenvalue weighted by Crippen LogP contribution is -2.30. The van der Waals surface area contributed by atoms with Crippen molar-refractivity contribution in [2.75, 3.05) is 7.11 Å². The number of aryl methyl sites for hydroxylation is 1. The van der Waals surface area contributed by atoms with Gasteiger partial charge in [0.15, 0.2) is 11.6 Å². The van der Waals surface area contributed by atoms with Crippen LogP contribution in [0.25, 0.3) is 0 Å². The van der Waals surface area contributed by atoms with Crippen LogP contribution in [0, 0.1) is 12.7 Å². The van der Waals surface area contributed by atoms with Crippen molar-refractivity contribution in [3.8, 4) is 5.75 Å². The van der Waals surface area contributed by atoms with Gasteiger partial charge in [0, 0.05) is 4.47 Å². The van der Waals surface area contributed by atoms with E-state index in [2.05, 4.69) is 21.4 Å². The molecule has 1 unspecified atom stereocenters. The fraction of sp³-hybridized carbons (Fsp3) is 0.250. The molecule has 112 valence electrons. The van der Waals surface area contributed by atoms with E-state index in [0.717, 1.165) is 15.6 Å². The molecule has 0 aliphatic heterocycles. The highest BCUT2D eigenvalue weighted by Gasteiger charge is 2.17. The van der Waals surface area contributed by atoms with Crippen molar-refractivity contribution < 1.29 is 9.13 Å². The largest absolute Gasteiger partial charge is 0.494 e. The number of benzene rings is 2. The van der Waals surface area contributed by atoms with Crippen LogP contribution in [0.15, 0.2) is 40.9 Å². The normalized spacial score (nSPS) is 12.2. The maximum Gasteiger partial charge on any atom is 0.168 e. The van der Waals surface area contributed by atoms with Crippen molar-refractivity contribution in [1.82, 2.24) is 5.43 Å². The van der Waals surface area contributed by atoms with Gasteiger partial charge in [0.1, 0.15) is 0 Å². The Morgan fingerprint density at radius 2 is 2.10 bits per heavy atom. The molecular formula is C16H18BrFN2O. The summed E-state index contributed by atoms with van der Waals surface area (Å²) in [5, 5.41) is 0. The van der Waals surface area contributed by atoms with Gasteiger partial charge in [0.2, 0.25) is 0 Å². The van der Waals surface area contributed by atoms with Gasteiger partial charge in [0.25, 0.3) is 0 Å². The maximum absolute atomic E-state index is 14.3. The number of hydrogen-bond donors (Lipinski definition) is 2. The maximum atomic E-state index is 14.3. The standard InChI is InChI=1S/C16H18BrFN2O/c1-10-6-7-13(17)12(8-10)14(20-19)9-11-4-3-5-15(21-2)16(11)18/h3-8,14,20H,9,19H2,1-2H3. The zero-order valence-corrected chi connectivity index (χ0v) is 13.6. The van der Waals surface area contributed by atoms with Crippen molar-refractivity contribution in [3.05, 3.63) is 63.4 Å². The summed E-state index contributed by atoms with van der Waals surface area (Å²) in [5.41, 5.74) is 5.45. The van der Waals surface area contributed by atoms with E-state index in [1.807, 2.05) is 25.1 Å². The van der Waals surface area contributed by atoms with E-state index in [4.69, 9.17) is 10.6 Å². The number of rotatable bonds is 5. The predicted molar refractivity (Wildman–Crippen MR) is 85.6 cm³/mol. The molecule has 5 heteroatoms. The van der Waals surface area contributed by atoms with Gasteiger partial charge in [-0.15, -0.1) is 0 Å². The van der Waals surface area contributed by atoms with Gasteiger partial charge in [-0.25, -0.2) is 4.39 Å². The third kappa shape index (κ3) is 3.61. The lowest BCUT2D eigenvalue weighted by molar-refractivity contribution is 0.382. The second-order valence-corrected chi connectivity index (χ2v) is 5.74. The first-order valence-electron chi connectivity index (χ1n) is 6.60. The average Bonchev–Trinajstić information content (AvgIpc) is 2.49. The van der Waals surface area contributed by atoms with E-state index in [1.54, 1.807) is 18.2 Å². The molecular weight excluding hydrogens is 335 g/mol. The van der Waals surface area contributed by atoms with E-state index in [0.29, 0.717) is 12.0 Å². The Balaban J connectivity index is 2.33. The van der Waals surface area contributed by atoms with E-state index in [9.17, 15) is 4.39 Å². The SMILES string of the molecule is COc1cccc(CC(NN)c2cc(C)ccc2Br)c1F. The van der Waals surface area contributed by atoms with Gasteiger partial charge < -0.3 is 4.74 Å². The summed E-state index contributed by atoms with van der Waals surface area (Å²) in [5.74, 6) is 5.57. The number of nitrogens with one attached hydrogen (secondary N) is 1. The Hall–Kier alpha value is -1.43. The molecule has 2 aromatic carbocycles. The Labute approximate surface area is 132 Å². The second kappa shape index (κ2) is 7.02. The minimum absolute atomic E-state index is 0.194. The first kappa shape index (κ1) is 15.9. The number of nitrogens with two attached hydrogens (primary N) is 1. The molecule has 2 aromatic rings. The number of methoxy groups -OCH3 is 1. The summed E-state index contributed by atoms with van der Waals surface area (Å²) in [6, 6.07) is 10.9. The third-order valence-electron chi connectivity index (χ3n) is 3.42. The van der Waals surface area contributed by atoms with Crippen molar-refractivity contribution in [2.45, 2.75) is 19.4 Å². The first-order valence-corrected chi connectivity index (χ1v) is 7.39. The Morgan fingerprint density at radius 3 is 2.76 bits per heavy atom. The zero-order valence-electron chi connectivity index (χ0n) is 12.0. The van der Waals surface area contributed by atoms with Gasteiger partial charge in [-0.1, -0.05) is 45.8 Å². The fourth-order valence-electron chi connectivity index (χ4n) is 2.28. The minimum atomic E-state index is -0.343. The lowest BCUT2D eigenvalue weighted by atomic mass is 9.97. The molecule has 0 spiro atoms. The molecule has 3 nitrogen and oxygen atoms in total. The molecule has 1 atom stereocenters. The molecule has 0 saturated heterocycles. The molecule has 0 amide bonds. The molecule has 0 bridgehead atoms. The van der Waals surface area contributed by atoms with Crippen LogP contribution in [0.1, 0.15) is 22.7 Å². The van der Waals surface area contributed by atoms with Crippen LogP contribution in [0.3, 0.4) is 0 Å². The molecule has 0 aliphatic carbocycles. The molecule has 0 radical (unpaired) electrons. The Bertz CT molecular complexity index is 634. The first-order chi connectivity index (χ1) is 10.1. The summed E-state index contributed by atoms with van der Waals surface area (Å²) in [6.45, 7) is 2.01. The molecule has 0 heterocycles. The van der Waals surface area contributed by atoms with Crippen LogP contribution < -0.4 is 16.0 Å². The van der Waals surface area contributed by atoms with Crippen molar-refractivity contribution in [1.29, 1.82) is 0 Å². The van der Waals surface area contributed by atoms with Gasteiger partial charge in [-0.3, -0.25) is 11.3 Å². The highest BCUT2D eigenvalue weighted by atomic mass is 79.9. The predicted octanol–water partition coefficient (Wildman–Crippen LogP) is 3.65. The summed E-state index contributed by atoms with van der Waals surface area (Å²) < 4.78 is 20.2.